The molecular weight excluding hydrogens is 420 g/mol. The summed E-state index contributed by atoms with van der Waals surface area (Å²) in [6.07, 6.45) is 1.49. The highest BCUT2D eigenvalue weighted by Gasteiger charge is 2.65. The second-order valence-electron chi connectivity index (χ2n) is 9.64. The number of ether oxygens (including phenoxy) is 1. The van der Waals surface area contributed by atoms with Gasteiger partial charge in [0.15, 0.2) is 0 Å². The van der Waals surface area contributed by atoms with E-state index in [4.69, 9.17) is 4.74 Å². The lowest BCUT2D eigenvalue weighted by Gasteiger charge is -2.19. The quantitative estimate of drug-likeness (QED) is 0.599. The van der Waals surface area contributed by atoms with Gasteiger partial charge in [0.25, 0.3) is 0 Å². The third-order valence-electron chi connectivity index (χ3n) is 7.40. The molecule has 0 radical (unpaired) electrons. The van der Waals surface area contributed by atoms with E-state index in [0.717, 1.165) is 11.1 Å². The highest BCUT2D eigenvalue weighted by Crippen LogP contribution is 2.63. The number of carboxylic acid groups (broad SMARTS) is 1. The van der Waals surface area contributed by atoms with E-state index in [9.17, 15) is 19.5 Å². The molecule has 2 amide bonds. The van der Waals surface area contributed by atoms with Crippen molar-refractivity contribution < 1.29 is 24.2 Å². The van der Waals surface area contributed by atoms with Gasteiger partial charge in [-0.3, -0.25) is 9.59 Å². The van der Waals surface area contributed by atoms with Crippen LogP contribution in [-0.4, -0.2) is 41.8 Å². The van der Waals surface area contributed by atoms with E-state index in [1.807, 2.05) is 24.3 Å². The summed E-state index contributed by atoms with van der Waals surface area (Å²) < 4.78 is 5.54. The van der Waals surface area contributed by atoms with Gasteiger partial charge in [-0.2, -0.15) is 0 Å². The van der Waals surface area contributed by atoms with Gasteiger partial charge in [0.05, 0.1) is 5.41 Å². The maximum atomic E-state index is 12.4. The third-order valence-corrected chi connectivity index (χ3v) is 7.40. The first-order valence-electron chi connectivity index (χ1n) is 11.5. The standard InChI is InChI=1S/C26H28N2O5/c1-15(10-23(29)28-17-11-16-12-26(16,13-17)24(30)31)27-25(32)33-14-22-20-8-4-2-6-18(20)19-7-3-5-9-21(19)22/h2-9,15-17,22H,10-14H2,1H3,(H,27,32)(H,28,29)(H,30,31)/t15-,16?,17?,26?/m1/s1. The van der Waals surface area contributed by atoms with Gasteiger partial charge in [0.2, 0.25) is 5.91 Å². The number of carbonyl (C=O) groups is 3. The molecule has 2 saturated carbocycles. The Morgan fingerprint density at radius 1 is 1.06 bits per heavy atom. The third kappa shape index (κ3) is 3.96. The van der Waals surface area contributed by atoms with E-state index in [2.05, 4.69) is 34.9 Å². The number of amides is 2. The van der Waals surface area contributed by atoms with Gasteiger partial charge in [0, 0.05) is 24.4 Å². The van der Waals surface area contributed by atoms with Crippen LogP contribution >= 0.6 is 0 Å². The molecular formula is C26H28N2O5. The van der Waals surface area contributed by atoms with Crippen molar-refractivity contribution in [2.45, 2.75) is 50.6 Å². The lowest BCUT2D eigenvalue weighted by atomic mass is 9.98. The fourth-order valence-corrected chi connectivity index (χ4v) is 5.72. The van der Waals surface area contributed by atoms with Gasteiger partial charge in [-0.05, 0) is 54.4 Å². The first-order chi connectivity index (χ1) is 15.9. The molecule has 172 valence electrons. The Morgan fingerprint density at radius 2 is 1.70 bits per heavy atom. The van der Waals surface area contributed by atoms with E-state index >= 15 is 0 Å². The van der Waals surface area contributed by atoms with E-state index in [1.54, 1.807) is 6.92 Å². The van der Waals surface area contributed by atoms with Crippen molar-refractivity contribution in [3.63, 3.8) is 0 Å². The number of nitrogens with one attached hydrogen (secondary N) is 2. The first-order valence-corrected chi connectivity index (χ1v) is 11.5. The minimum absolute atomic E-state index is 0.0166. The fourth-order valence-electron chi connectivity index (χ4n) is 5.72. The fraction of sp³-hybridized carbons (Fsp3) is 0.423. The van der Waals surface area contributed by atoms with Crippen molar-refractivity contribution in [3.8, 4) is 11.1 Å². The van der Waals surface area contributed by atoms with Crippen LogP contribution in [0.2, 0.25) is 0 Å². The Bertz CT molecular complexity index is 1070. The average molecular weight is 449 g/mol. The molecule has 4 atom stereocenters. The molecule has 7 nitrogen and oxygen atoms in total. The van der Waals surface area contributed by atoms with Gasteiger partial charge in [-0.25, -0.2) is 4.79 Å². The summed E-state index contributed by atoms with van der Waals surface area (Å²) in [7, 11) is 0. The maximum Gasteiger partial charge on any atom is 0.407 e. The van der Waals surface area contributed by atoms with E-state index in [-0.39, 0.29) is 36.8 Å². The first kappa shape index (κ1) is 21.5. The zero-order chi connectivity index (χ0) is 23.2. The van der Waals surface area contributed by atoms with Gasteiger partial charge >= 0.3 is 12.1 Å². The monoisotopic (exact) mass is 448 g/mol. The molecule has 33 heavy (non-hydrogen) atoms. The van der Waals surface area contributed by atoms with Gasteiger partial charge in [-0.1, -0.05) is 48.5 Å². The van der Waals surface area contributed by atoms with Crippen molar-refractivity contribution in [1.82, 2.24) is 10.6 Å². The normalized spacial score (nSPS) is 25.4. The molecule has 0 aliphatic heterocycles. The SMILES string of the molecule is C[C@H](CC(=O)NC1CC2CC2(C(=O)O)C1)NC(=O)OCC1c2ccccc2-c2ccccc21. The summed E-state index contributed by atoms with van der Waals surface area (Å²) in [5, 5.41) is 15.0. The predicted molar refractivity (Wildman–Crippen MR) is 122 cm³/mol. The van der Waals surface area contributed by atoms with Crippen molar-refractivity contribution >= 4 is 18.0 Å². The van der Waals surface area contributed by atoms with Crippen LogP contribution in [0.1, 0.15) is 49.7 Å². The molecule has 2 fully saturated rings. The summed E-state index contributed by atoms with van der Waals surface area (Å²) in [5.74, 6) is -0.781. The van der Waals surface area contributed by atoms with E-state index in [0.29, 0.717) is 19.3 Å². The minimum atomic E-state index is -0.755. The number of fused-ring (bicyclic) bond motifs is 4. The Balaban J connectivity index is 1.10. The largest absolute Gasteiger partial charge is 0.481 e. The van der Waals surface area contributed by atoms with Crippen molar-refractivity contribution in [1.29, 1.82) is 0 Å². The highest BCUT2D eigenvalue weighted by molar-refractivity contribution is 5.81. The molecule has 0 saturated heterocycles. The molecule has 0 bridgehead atoms. The van der Waals surface area contributed by atoms with Gasteiger partial charge in [0.1, 0.15) is 6.61 Å². The molecule has 3 aliphatic rings. The molecule has 3 N–H and O–H groups in total. The number of carboxylic acids is 1. The Kier molecular flexibility index (Phi) is 5.35. The molecule has 0 spiro atoms. The van der Waals surface area contributed by atoms with Gasteiger partial charge < -0.3 is 20.5 Å². The molecule has 3 unspecified atom stereocenters. The number of hydrogen-bond acceptors (Lipinski definition) is 4. The van der Waals surface area contributed by atoms with Crippen LogP contribution in [0.4, 0.5) is 4.79 Å². The van der Waals surface area contributed by atoms with E-state index < -0.39 is 23.5 Å². The van der Waals surface area contributed by atoms with Crippen molar-refractivity contribution in [2.24, 2.45) is 11.3 Å². The molecule has 0 heterocycles. The molecule has 3 aliphatic carbocycles. The maximum absolute atomic E-state index is 12.4. The van der Waals surface area contributed by atoms with Crippen LogP contribution in [0.3, 0.4) is 0 Å². The van der Waals surface area contributed by atoms with Crippen molar-refractivity contribution in [3.05, 3.63) is 59.7 Å². The summed E-state index contributed by atoms with van der Waals surface area (Å²) in [6, 6.07) is 15.8. The molecule has 2 aromatic carbocycles. The summed E-state index contributed by atoms with van der Waals surface area (Å²) in [6.45, 7) is 1.98. The zero-order valence-electron chi connectivity index (χ0n) is 18.5. The Labute approximate surface area is 192 Å². The average Bonchev–Trinajstić information content (AvgIpc) is 3.21. The number of aliphatic carboxylic acids is 1. The minimum Gasteiger partial charge on any atom is -0.481 e. The van der Waals surface area contributed by atoms with Gasteiger partial charge in [-0.15, -0.1) is 0 Å². The van der Waals surface area contributed by atoms with Crippen LogP contribution in [0.25, 0.3) is 11.1 Å². The highest BCUT2D eigenvalue weighted by atomic mass is 16.5. The van der Waals surface area contributed by atoms with Crippen LogP contribution < -0.4 is 10.6 Å². The van der Waals surface area contributed by atoms with Crippen LogP contribution in [0.5, 0.6) is 0 Å². The molecule has 5 rings (SSSR count). The summed E-state index contributed by atoms with van der Waals surface area (Å²) >= 11 is 0. The van der Waals surface area contributed by atoms with Crippen molar-refractivity contribution in [2.75, 3.05) is 6.61 Å². The molecule has 0 aromatic heterocycles. The number of hydrogen-bond donors (Lipinski definition) is 3. The molecule has 2 aromatic rings. The summed E-state index contributed by atoms with van der Waals surface area (Å²) in [4.78, 5) is 36.2. The lowest BCUT2D eigenvalue weighted by molar-refractivity contribution is -0.143. The number of alkyl carbamates (subject to hydrolysis) is 1. The molecule has 7 heteroatoms. The summed E-state index contributed by atoms with van der Waals surface area (Å²) in [5.41, 5.74) is 4.01. The van der Waals surface area contributed by atoms with E-state index in [1.165, 1.54) is 11.1 Å². The predicted octanol–water partition coefficient (Wildman–Crippen LogP) is 3.67. The number of rotatable bonds is 7. The van der Waals surface area contributed by atoms with Crippen LogP contribution in [0.15, 0.2) is 48.5 Å². The van der Waals surface area contributed by atoms with Crippen LogP contribution in [0, 0.1) is 11.3 Å². The second kappa shape index (κ2) is 8.21. The second-order valence-corrected chi connectivity index (χ2v) is 9.64. The Morgan fingerprint density at radius 3 is 2.30 bits per heavy atom. The zero-order valence-corrected chi connectivity index (χ0v) is 18.5. The number of carbonyl (C=O) groups excluding carboxylic acids is 2. The lowest BCUT2D eigenvalue weighted by Crippen LogP contribution is -2.41. The number of benzene rings is 2. The van der Waals surface area contributed by atoms with Crippen LogP contribution in [-0.2, 0) is 14.3 Å². The smallest absolute Gasteiger partial charge is 0.407 e. The Hall–Kier alpha value is -3.35. The topological polar surface area (TPSA) is 105 Å².